The third-order valence-corrected chi connectivity index (χ3v) is 7.97. The molecule has 4 aromatic rings. The Morgan fingerprint density at radius 3 is 2.44 bits per heavy atom. The largest absolute Gasteiger partial charge is 0.291 e. The maximum atomic E-state index is 9.34. The van der Waals surface area contributed by atoms with E-state index in [4.69, 9.17) is 4.98 Å². The van der Waals surface area contributed by atoms with E-state index in [9.17, 15) is 5.41 Å². The zero-order valence-electron chi connectivity index (χ0n) is 20.0. The highest BCUT2D eigenvalue weighted by Gasteiger charge is 2.35. The molecule has 2 aliphatic rings. The maximum absolute atomic E-state index is 9.34. The van der Waals surface area contributed by atoms with Crippen LogP contribution in [0.2, 0.25) is 0 Å². The minimum atomic E-state index is 0.154. The highest BCUT2D eigenvalue weighted by atomic mass is 32.2. The summed E-state index contributed by atoms with van der Waals surface area (Å²) in [6, 6.07) is 18.2. The number of benzene rings is 1. The summed E-state index contributed by atoms with van der Waals surface area (Å²) in [7, 11) is 0. The summed E-state index contributed by atoms with van der Waals surface area (Å²) in [5.41, 5.74) is 11.8. The zero-order chi connectivity index (χ0) is 24.5. The number of rotatable bonds is 4. The fraction of sp³-hybridized carbons (Fsp3) is 0.172. The molecular formula is C29H26N6S. The average Bonchev–Trinajstić information content (AvgIpc) is 2.92. The van der Waals surface area contributed by atoms with E-state index in [-0.39, 0.29) is 5.25 Å². The van der Waals surface area contributed by atoms with Crippen molar-refractivity contribution < 1.29 is 0 Å². The Labute approximate surface area is 214 Å². The lowest BCUT2D eigenvalue weighted by Crippen LogP contribution is -2.34. The Morgan fingerprint density at radius 2 is 1.69 bits per heavy atom. The van der Waals surface area contributed by atoms with Crippen LogP contribution in [-0.2, 0) is 0 Å². The van der Waals surface area contributed by atoms with E-state index in [1.807, 2.05) is 74.2 Å². The van der Waals surface area contributed by atoms with Gasteiger partial charge >= 0.3 is 0 Å². The van der Waals surface area contributed by atoms with Gasteiger partial charge in [-0.25, -0.2) is 9.66 Å². The summed E-state index contributed by atoms with van der Waals surface area (Å²) in [6.07, 6.45) is 12.7. The van der Waals surface area contributed by atoms with Gasteiger partial charge in [0.1, 0.15) is 10.9 Å². The summed E-state index contributed by atoms with van der Waals surface area (Å²) in [4.78, 5) is 13.5. The molecule has 178 valence electrons. The van der Waals surface area contributed by atoms with Gasteiger partial charge in [0.05, 0.1) is 16.5 Å². The SMILES string of the molecule is Cc1nc2c(c(=N)n1Nc1ccccc1)C1=C(CCC/C1=C\c1ccncc1)C(c1ccncc1)S2. The third kappa shape index (κ3) is 4.16. The summed E-state index contributed by atoms with van der Waals surface area (Å²) >= 11 is 1.75. The molecule has 0 bridgehead atoms. The lowest BCUT2D eigenvalue weighted by atomic mass is 9.80. The van der Waals surface area contributed by atoms with E-state index in [1.54, 1.807) is 16.4 Å². The second-order valence-corrected chi connectivity index (χ2v) is 10.1. The van der Waals surface area contributed by atoms with Crippen LogP contribution in [0.1, 0.15) is 47.0 Å². The van der Waals surface area contributed by atoms with Gasteiger partial charge in [0.25, 0.3) is 0 Å². The fourth-order valence-corrected chi connectivity index (χ4v) is 6.42. The molecule has 6 rings (SSSR count). The van der Waals surface area contributed by atoms with Crippen molar-refractivity contribution in [3.8, 4) is 0 Å². The number of nitrogens with zero attached hydrogens (tertiary/aromatic N) is 4. The molecule has 36 heavy (non-hydrogen) atoms. The van der Waals surface area contributed by atoms with Gasteiger partial charge in [-0.2, -0.15) is 0 Å². The van der Waals surface area contributed by atoms with E-state index in [2.05, 4.69) is 33.6 Å². The number of allylic oxidation sites excluding steroid dienone is 2. The molecule has 1 aliphatic heterocycles. The van der Waals surface area contributed by atoms with Gasteiger partial charge in [-0.05, 0) is 90.4 Å². The number of thioether (sulfide) groups is 1. The average molecular weight is 491 g/mol. The van der Waals surface area contributed by atoms with Crippen molar-refractivity contribution in [1.29, 1.82) is 5.41 Å². The Balaban J connectivity index is 1.57. The standard InChI is InChI=1S/C29H26N6S/c1-19-33-29-26(28(30)35(19)34-23-7-3-2-4-8-23)25-22(18-20-10-14-31-15-11-20)6-5-9-24(25)27(36-29)21-12-16-32-17-13-21/h2-4,7-8,10-18,27,30,34H,5-6,9H2,1H3/b22-18+,30-28?. The van der Waals surface area contributed by atoms with E-state index >= 15 is 0 Å². The molecule has 0 fully saturated rings. The first-order valence-electron chi connectivity index (χ1n) is 12.1. The number of hydrogen-bond donors (Lipinski definition) is 2. The number of aromatic nitrogens is 4. The Hall–Kier alpha value is -3.97. The summed E-state index contributed by atoms with van der Waals surface area (Å²) < 4.78 is 1.80. The molecule has 3 aromatic heterocycles. The number of pyridine rings is 2. The Bertz CT molecular complexity index is 1530. The molecule has 1 aliphatic carbocycles. The summed E-state index contributed by atoms with van der Waals surface area (Å²) in [5.74, 6) is 0.753. The third-order valence-electron chi connectivity index (χ3n) is 6.66. The summed E-state index contributed by atoms with van der Waals surface area (Å²) in [6.45, 7) is 1.95. The van der Waals surface area contributed by atoms with Gasteiger partial charge in [-0.3, -0.25) is 20.8 Å². The molecule has 0 radical (unpaired) electrons. The highest BCUT2D eigenvalue weighted by molar-refractivity contribution is 7.99. The smallest absolute Gasteiger partial charge is 0.156 e. The van der Waals surface area contributed by atoms with Crippen molar-refractivity contribution in [3.63, 3.8) is 0 Å². The maximum Gasteiger partial charge on any atom is 0.156 e. The minimum Gasteiger partial charge on any atom is -0.291 e. The van der Waals surface area contributed by atoms with Crippen LogP contribution in [0, 0.1) is 12.3 Å². The number of anilines is 1. The van der Waals surface area contributed by atoms with Crippen molar-refractivity contribution in [1.82, 2.24) is 19.6 Å². The van der Waals surface area contributed by atoms with Gasteiger partial charge in [-0.15, -0.1) is 0 Å². The number of nitrogens with one attached hydrogen (secondary N) is 2. The number of para-hydroxylation sites is 1. The van der Waals surface area contributed by atoms with Crippen LogP contribution in [0.3, 0.4) is 0 Å². The lowest BCUT2D eigenvalue weighted by molar-refractivity contribution is 0.720. The topological polar surface area (TPSA) is 79.5 Å². The van der Waals surface area contributed by atoms with E-state index in [1.165, 1.54) is 22.3 Å². The quantitative estimate of drug-likeness (QED) is 0.333. The molecule has 7 heteroatoms. The first-order chi connectivity index (χ1) is 17.7. The monoisotopic (exact) mass is 490 g/mol. The van der Waals surface area contributed by atoms with Gasteiger partial charge in [0.15, 0.2) is 5.49 Å². The molecule has 0 saturated carbocycles. The Kier molecular flexibility index (Phi) is 5.99. The van der Waals surface area contributed by atoms with Crippen LogP contribution in [0.15, 0.2) is 95.6 Å². The predicted molar refractivity (Wildman–Crippen MR) is 144 cm³/mol. The molecule has 0 amide bonds. The van der Waals surface area contributed by atoms with Gasteiger partial charge < -0.3 is 0 Å². The van der Waals surface area contributed by atoms with Crippen molar-refractivity contribution in [2.45, 2.75) is 36.5 Å². The molecule has 2 N–H and O–H groups in total. The number of hydrogen-bond acceptors (Lipinski definition) is 6. The lowest BCUT2D eigenvalue weighted by Gasteiger charge is -2.35. The van der Waals surface area contributed by atoms with Crippen molar-refractivity contribution in [2.24, 2.45) is 0 Å². The minimum absolute atomic E-state index is 0.154. The fourth-order valence-electron chi connectivity index (χ4n) is 5.02. The molecule has 6 nitrogen and oxygen atoms in total. The van der Waals surface area contributed by atoms with Crippen LogP contribution in [0.4, 0.5) is 5.69 Å². The molecule has 1 atom stereocenters. The second-order valence-electron chi connectivity index (χ2n) is 8.98. The van der Waals surface area contributed by atoms with Gasteiger partial charge in [0, 0.05) is 24.8 Å². The molecule has 1 aromatic carbocycles. The van der Waals surface area contributed by atoms with Crippen LogP contribution < -0.4 is 10.9 Å². The van der Waals surface area contributed by atoms with Crippen LogP contribution in [0.25, 0.3) is 11.6 Å². The summed E-state index contributed by atoms with van der Waals surface area (Å²) in [5, 5.41) is 10.4. The van der Waals surface area contributed by atoms with Crippen molar-refractivity contribution in [3.05, 3.63) is 119 Å². The van der Waals surface area contributed by atoms with Crippen molar-refractivity contribution in [2.75, 3.05) is 5.43 Å². The molecule has 1 unspecified atom stereocenters. The molecular weight excluding hydrogens is 464 g/mol. The first kappa shape index (κ1) is 22.5. The highest BCUT2D eigenvalue weighted by Crippen LogP contribution is 2.54. The zero-order valence-corrected chi connectivity index (χ0v) is 20.8. The number of fused-ring (bicyclic) bond motifs is 2. The second kappa shape index (κ2) is 9.59. The normalized spacial score (nSPS) is 18.0. The molecule has 0 spiro atoms. The van der Waals surface area contributed by atoms with Gasteiger partial charge in [-0.1, -0.05) is 36.0 Å². The first-order valence-corrected chi connectivity index (χ1v) is 13.0. The van der Waals surface area contributed by atoms with Gasteiger partial charge in [0.2, 0.25) is 0 Å². The number of aryl methyl sites for hydroxylation is 1. The predicted octanol–water partition coefficient (Wildman–Crippen LogP) is 6.20. The molecule has 0 saturated heterocycles. The van der Waals surface area contributed by atoms with E-state index < -0.39 is 0 Å². The van der Waals surface area contributed by atoms with E-state index in [0.29, 0.717) is 5.49 Å². The van der Waals surface area contributed by atoms with Crippen LogP contribution >= 0.6 is 11.8 Å². The van der Waals surface area contributed by atoms with Crippen LogP contribution in [0.5, 0.6) is 0 Å². The van der Waals surface area contributed by atoms with E-state index in [0.717, 1.165) is 46.9 Å². The van der Waals surface area contributed by atoms with Crippen molar-refractivity contribution >= 4 is 29.1 Å². The Morgan fingerprint density at radius 1 is 0.972 bits per heavy atom. The molecule has 4 heterocycles. The van der Waals surface area contributed by atoms with Crippen LogP contribution in [-0.4, -0.2) is 19.6 Å².